The summed E-state index contributed by atoms with van der Waals surface area (Å²) in [6, 6.07) is 16.1. The standard InChI is InChI=1S/C30H27ClFN3O5/c1-39-27-13-26(35-29(37)22-4-2-3-5-23(22)30(35)38)25(31)12-24(27)28(36)33-19-10-20-15-40-16-21(11-19)34(20)14-17-6-8-18(32)9-7-17/h2-9,12-13,19-21H,10-11,14-16H2,1H3,(H,33,36). The smallest absolute Gasteiger partial charge is 0.266 e. The lowest BCUT2D eigenvalue weighted by atomic mass is 9.89. The summed E-state index contributed by atoms with van der Waals surface area (Å²) in [6.07, 6.45) is 1.37. The summed E-state index contributed by atoms with van der Waals surface area (Å²) in [6.45, 7) is 1.78. The normalized spacial score (nSPS) is 22.3. The Morgan fingerprint density at radius 3 is 2.25 bits per heavy atom. The monoisotopic (exact) mass is 563 g/mol. The van der Waals surface area contributed by atoms with Crippen molar-refractivity contribution in [2.75, 3.05) is 25.2 Å². The van der Waals surface area contributed by atoms with Gasteiger partial charge in [0.2, 0.25) is 0 Å². The molecule has 3 aliphatic heterocycles. The van der Waals surface area contributed by atoms with Gasteiger partial charge >= 0.3 is 0 Å². The van der Waals surface area contributed by atoms with Crippen LogP contribution in [0.1, 0.15) is 49.5 Å². The van der Waals surface area contributed by atoms with E-state index in [9.17, 15) is 18.8 Å². The zero-order chi connectivity index (χ0) is 28.0. The largest absolute Gasteiger partial charge is 0.496 e. The molecule has 6 rings (SSSR count). The quantitative estimate of drug-likeness (QED) is 0.446. The van der Waals surface area contributed by atoms with E-state index in [-0.39, 0.29) is 51.9 Å². The average molecular weight is 564 g/mol. The molecule has 0 aromatic heterocycles. The number of benzene rings is 3. The molecule has 8 nitrogen and oxygen atoms in total. The van der Waals surface area contributed by atoms with Gasteiger partial charge in [-0.15, -0.1) is 0 Å². The Bertz CT molecular complexity index is 1450. The van der Waals surface area contributed by atoms with E-state index in [4.69, 9.17) is 21.1 Å². The van der Waals surface area contributed by atoms with Crippen molar-refractivity contribution < 1.29 is 28.2 Å². The maximum Gasteiger partial charge on any atom is 0.266 e. The van der Waals surface area contributed by atoms with Crippen LogP contribution in [-0.4, -0.2) is 61.1 Å². The molecule has 2 atom stereocenters. The molecule has 1 N–H and O–H groups in total. The van der Waals surface area contributed by atoms with Crippen molar-refractivity contribution in [3.63, 3.8) is 0 Å². The lowest BCUT2D eigenvalue weighted by Gasteiger charge is -2.48. The minimum atomic E-state index is -0.483. The Morgan fingerprint density at radius 1 is 1.02 bits per heavy atom. The fraction of sp³-hybridized carbons (Fsp3) is 0.300. The summed E-state index contributed by atoms with van der Waals surface area (Å²) in [4.78, 5) is 42.8. The van der Waals surface area contributed by atoms with Crippen molar-refractivity contribution >= 4 is 35.0 Å². The molecule has 206 valence electrons. The number of anilines is 1. The molecular formula is C30H27ClFN3O5. The Labute approximate surface area is 235 Å². The number of carbonyl (C=O) groups is 3. The number of ether oxygens (including phenoxy) is 2. The van der Waals surface area contributed by atoms with Gasteiger partial charge < -0.3 is 14.8 Å². The van der Waals surface area contributed by atoms with Crippen molar-refractivity contribution in [3.05, 3.63) is 93.8 Å². The number of rotatable bonds is 6. The number of fused-ring (bicyclic) bond motifs is 3. The van der Waals surface area contributed by atoms with E-state index in [0.717, 1.165) is 10.5 Å². The minimum absolute atomic E-state index is 0.0832. The maximum atomic E-state index is 13.4. The predicted molar refractivity (Wildman–Crippen MR) is 146 cm³/mol. The predicted octanol–water partition coefficient (Wildman–Crippen LogP) is 4.45. The molecule has 2 fully saturated rings. The number of carbonyl (C=O) groups excluding carboxylic acids is 3. The molecule has 2 unspecified atom stereocenters. The Balaban J connectivity index is 1.18. The van der Waals surface area contributed by atoms with Crippen LogP contribution in [-0.2, 0) is 11.3 Å². The summed E-state index contributed by atoms with van der Waals surface area (Å²) >= 11 is 6.55. The van der Waals surface area contributed by atoms with Crippen LogP contribution < -0.4 is 15.0 Å². The van der Waals surface area contributed by atoms with Crippen LogP contribution in [0.3, 0.4) is 0 Å². The van der Waals surface area contributed by atoms with Gasteiger partial charge in [0.05, 0.1) is 47.7 Å². The van der Waals surface area contributed by atoms with Gasteiger partial charge in [0.1, 0.15) is 11.6 Å². The van der Waals surface area contributed by atoms with Crippen LogP contribution in [0.5, 0.6) is 5.75 Å². The van der Waals surface area contributed by atoms with Gasteiger partial charge in [0.15, 0.2) is 0 Å². The van der Waals surface area contributed by atoms with Crippen LogP contribution >= 0.6 is 11.6 Å². The summed E-state index contributed by atoms with van der Waals surface area (Å²) < 4.78 is 24.7. The first-order chi connectivity index (χ1) is 19.3. The Morgan fingerprint density at radius 2 is 1.65 bits per heavy atom. The highest BCUT2D eigenvalue weighted by Crippen LogP contribution is 2.38. The molecule has 0 spiro atoms. The number of halogens is 2. The van der Waals surface area contributed by atoms with E-state index < -0.39 is 11.8 Å². The van der Waals surface area contributed by atoms with Crippen LogP contribution in [0, 0.1) is 5.82 Å². The van der Waals surface area contributed by atoms with E-state index in [1.807, 2.05) is 0 Å². The summed E-state index contributed by atoms with van der Waals surface area (Å²) in [5, 5.41) is 3.20. The fourth-order valence-electron chi connectivity index (χ4n) is 5.90. The molecule has 3 amide bonds. The molecule has 3 heterocycles. The highest BCUT2D eigenvalue weighted by molar-refractivity contribution is 6.40. The fourth-order valence-corrected chi connectivity index (χ4v) is 6.15. The molecule has 2 bridgehead atoms. The van der Waals surface area contributed by atoms with Gasteiger partial charge in [0, 0.05) is 30.7 Å². The van der Waals surface area contributed by atoms with Crippen LogP contribution in [0.4, 0.5) is 10.1 Å². The molecule has 0 saturated carbocycles. The number of nitrogens with one attached hydrogen (secondary N) is 1. The van der Waals surface area contributed by atoms with Gasteiger partial charge in [-0.3, -0.25) is 19.3 Å². The maximum absolute atomic E-state index is 13.4. The summed E-state index contributed by atoms with van der Waals surface area (Å²) in [7, 11) is 1.42. The lowest BCUT2D eigenvalue weighted by Crippen LogP contribution is -2.60. The molecule has 3 aromatic rings. The third-order valence-electron chi connectivity index (χ3n) is 7.83. The number of morpholine rings is 1. The van der Waals surface area contributed by atoms with E-state index in [0.29, 0.717) is 43.7 Å². The third kappa shape index (κ3) is 4.74. The number of nitrogens with zero attached hydrogens (tertiary/aromatic N) is 2. The number of methoxy groups -OCH3 is 1. The van der Waals surface area contributed by atoms with Crippen molar-refractivity contribution in [1.29, 1.82) is 0 Å². The van der Waals surface area contributed by atoms with Gasteiger partial charge in [-0.1, -0.05) is 35.9 Å². The molecular weight excluding hydrogens is 537 g/mol. The average Bonchev–Trinajstić information content (AvgIpc) is 3.19. The van der Waals surface area contributed by atoms with E-state index in [1.165, 1.54) is 31.4 Å². The zero-order valence-electron chi connectivity index (χ0n) is 21.7. The number of hydrogen-bond acceptors (Lipinski definition) is 6. The van der Waals surface area contributed by atoms with Gasteiger partial charge in [-0.2, -0.15) is 0 Å². The molecule has 10 heteroatoms. The van der Waals surface area contributed by atoms with Crippen LogP contribution in [0.2, 0.25) is 5.02 Å². The van der Waals surface area contributed by atoms with Crippen molar-refractivity contribution in [1.82, 2.24) is 10.2 Å². The minimum Gasteiger partial charge on any atom is -0.496 e. The first-order valence-corrected chi connectivity index (χ1v) is 13.5. The number of hydrogen-bond donors (Lipinski definition) is 1. The first-order valence-electron chi connectivity index (χ1n) is 13.1. The van der Waals surface area contributed by atoms with Crippen LogP contribution in [0.15, 0.2) is 60.7 Å². The summed E-state index contributed by atoms with van der Waals surface area (Å²) in [5.74, 6) is -1.39. The highest BCUT2D eigenvalue weighted by Gasteiger charge is 2.40. The van der Waals surface area contributed by atoms with Gasteiger partial charge in [-0.05, 0) is 48.7 Å². The van der Waals surface area contributed by atoms with Crippen LogP contribution in [0.25, 0.3) is 0 Å². The molecule has 0 radical (unpaired) electrons. The number of piperidine rings is 1. The molecule has 0 aliphatic carbocycles. The van der Waals surface area contributed by atoms with Gasteiger partial charge in [-0.25, -0.2) is 9.29 Å². The topological polar surface area (TPSA) is 88.2 Å². The molecule has 2 saturated heterocycles. The highest BCUT2D eigenvalue weighted by atomic mass is 35.5. The van der Waals surface area contributed by atoms with E-state index >= 15 is 0 Å². The van der Waals surface area contributed by atoms with Crippen molar-refractivity contribution in [3.8, 4) is 5.75 Å². The third-order valence-corrected chi connectivity index (χ3v) is 8.14. The van der Waals surface area contributed by atoms with E-state index in [2.05, 4.69) is 10.2 Å². The molecule has 3 aliphatic rings. The second kappa shape index (κ2) is 10.6. The molecule has 40 heavy (non-hydrogen) atoms. The van der Waals surface area contributed by atoms with Crippen molar-refractivity contribution in [2.45, 2.75) is 37.5 Å². The lowest BCUT2D eigenvalue weighted by molar-refractivity contribution is -0.0843. The summed E-state index contributed by atoms with van der Waals surface area (Å²) in [5.41, 5.74) is 1.98. The van der Waals surface area contributed by atoms with Gasteiger partial charge in [0.25, 0.3) is 17.7 Å². The zero-order valence-corrected chi connectivity index (χ0v) is 22.5. The number of imide groups is 1. The second-order valence-electron chi connectivity index (χ2n) is 10.3. The second-order valence-corrected chi connectivity index (χ2v) is 10.7. The van der Waals surface area contributed by atoms with Crippen molar-refractivity contribution in [2.24, 2.45) is 0 Å². The Hall–Kier alpha value is -3.79. The van der Waals surface area contributed by atoms with E-state index in [1.54, 1.807) is 36.4 Å². The first kappa shape index (κ1) is 26.4. The molecule has 3 aromatic carbocycles. The SMILES string of the molecule is COc1cc(N2C(=O)c3ccccc3C2=O)c(Cl)cc1C(=O)NC1CC2COCC(C1)N2Cc1ccc(F)cc1. The Kier molecular flexibility index (Phi) is 7.04. The number of amides is 3.